The van der Waals surface area contributed by atoms with Crippen molar-refractivity contribution >= 4 is 6.03 Å². The van der Waals surface area contributed by atoms with Crippen LogP contribution in [0.3, 0.4) is 0 Å². The smallest absolute Gasteiger partial charge is 0.317 e. The zero-order valence-corrected chi connectivity index (χ0v) is 8.66. The van der Waals surface area contributed by atoms with Gasteiger partial charge in [-0.05, 0) is 12.8 Å². The number of hydrogen-bond donors (Lipinski definition) is 1. The van der Waals surface area contributed by atoms with Crippen molar-refractivity contribution in [1.29, 1.82) is 0 Å². The molecule has 0 aromatic rings. The van der Waals surface area contributed by atoms with Crippen molar-refractivity contribution in [3.8, 4) is 0 Å². The Kier molecular flexibility index (Phi) is 4.46. The molecule has 0 heterocycles. The summed E-state index contributed by atoms with van der Waals surface area (Å²) in [5.41, 5.74) is 0. The summed E-state index contributed by atoms with van der Waals surface area (Å²) in [6.45, 7) is 5.37. The lowest BCUT2D eigenvalue weighted by atomic mass is 10.5. The highest BCUT2D eigenvalue weighted by Gasteiger charge is 2.25. The van der Waals surface area contributed by atoms with Crippen LogP contribution in [0.4, 0.5) is 4.79 Å². The molecule has 1 saturated carbocycles. The summed E-state index contributed by atoms with van der Waals surface area (Å²) in [4.78, 5) is 13.3. The van der Waals surface area contributed by atoms with Gasteiger partial charge in [-0.1, -0.05) is 6.08 Å². The van der Waals surface area contributed by atoms with E-state index in [1.807, 2.05) is 0 Å². The summed E-state index contributed by atoms with van der Waals surface area (Å²) in [5.74, 6) is 0. The van der Waals surface area contributed by atoms with E-state index in [4.69, 9.17) is 4.74 Å². The number of urea groups is 1. The normalized spacial score (nSPS) is 14.9. The number of carbonyl (C=O) groups excluding carboxylic acids is 1. The fraction of sp³-hybridized carbons (Fsp3) is 0.700. The summed E-state index contributed by atoms with van der Waals surface area (Å²) in [7, 11) is 1.63. The third-order valence-electron chi connectivity index (χ3n) is 2.11. The summed E-state index contributed by atoms with van der Waals surface area (Å²) in [6, 6.07) is 0.391. The van der Waals surface area contributed by atoms with Crippen LogP contribution in [0.15, 0.2) is 12.7 Å². The average molecular weight is 198 g/mol. The van der Waals surface area contributed by atoms with Crippen molar-refractivity contribution in [3.63, 3.8) is 0 Å². The highest BCUT2D eigenvalue weighted by atomic mass is 16.5. The molecule has 0 unspecified atom stereocenters. The van der Waals surface area contributed by atoms with Gasteiger partial charge in [0.15, 0.2) is 0 Å². The van der Waals surface area contributed by atoms with Crippen LogP contribution < -0.4 is 5.32 Å². The monoisotopic (exact) mass is 198 g/mol. The van der Waals surface area contributed by atoms with Gasteiger partial charge in [0.1, 0.15) is 0 Å². The van der Waals surface area contributed by atoms with Crippen LogP contribution in [0.2, 0.25) is 0 Å². The Labute approximate surface area is 84.9 Å². The van der Waals surface area contributed by atoms with Crippen molar-refractivity contribution in [2.75, 3.05) is 26.8 Å². The Morgan fingerprint density at radius 1 is 1.71 bits per heavy atom. The number of amides is 2. The SMILES string of the molecule is C=CCN(CCOC)C(=O)NC1CC1. The molecular weight excluding hydrogens is 180 g/mol. The van der Waals surface area contributed by atoms with E-state index in [1.54, 1.807) is 18.1 Å². The summed E-state index contributed by atoms with van der Waals surface area (Å²) >= 11 is 0. The van der Waals surface area contributed by atoms with Crippen molar-refractivity contribution in [3.05, 3.63) is 12.7 Å². The topological polar surface area (TPSA) is 41.6 Å². The molecule has 0 saturated heterocycles. The molecule has 14 heavy (non-hydrogen) atoms. The van der Waals surface area contributed by atoms with Crippen LogP contribution in [0.1, 0.15) is 12.8 Å². The van der Waals surface area contributed by atoms with Gasteiger partial charge in [0, 0.05) is 26.2 Å². The zero-order chi connectivity index (χ0) is 10.4. The van der Waals surface area contributed by atoms with Crippen molar-refractivity contribution < 1.29 is 9.53 Å². The van der Waals surface area contributed by atoms with Crippen molar-refractivity contribution in [2.45, 2.75) is 18.9 Å². The predicted molar refractivity (Wildman–Crippen MR) is 55.2 cm³/mol. The second kappa shape index (κ2) is 5.65. The summed E-state index contributed by atoms with van der Waals surface area (Å²) in [6.07, 6.45) is 3.94. The maximum atomic E-state index is 11.6. The summed E-state index contributed by atoms with van der Waals surface area (Å²) in [5, 5.41) is 2.93. The van der Waals surface area contributed by atoms with Gasteiger partial charge >= 0.3 is 6.03 Å². The maximum Gasteiger partial charge on any atom is 0.317 e. The first kappa shape index (κ1) is 11.0. The minimum absolute atomic E-state index is 0.00977. The Hall–Kier alpha value is -1.03. The molecule has 1 aliphatic rings. The average Bonchev–Trinajstić information content (AvgIpc) is 2.95. The molecule has 4 heteroatoms. The molecular formula is C10H18N2O2. The molecule has 0 aromatic carbocycles. The fourth-order valence-corrected chi connectivity index (χ4v) is 1.13. The number of nitrogens with one attached hydrogen (secondary N) is 1. The summed E-state index contributed by atoms with van der Waals surface area (Å²) < 4.78 is 4.93. The first-order valence-electron chi connectivity index (χ1n) is 4.93. The molecule has 4 nitrogen and oxygen atoms in total. The maximum absolute atomic E-state index is 11.6. The molecule has 1 fully saturated rings. The van der Waals surface area contributed by atoms with E-state index in [0.717, 1.165) is 12.8 Å². The highest BCUT2D eigenvalue weighted by Crippen LogP contribution is 2.18. The van der Waals surface area contributed by atoms with Gasteiger partial charge in [-0.25, -0.2) is 4.79 Å². The van der Waals surface area contributed by atoms with Gasteiger partial charge in [0.2, 0.25) is 0 Å². The molecule has 1 aliphatic carbocycles. The third kappa shape index (κ3) is 3.79. The van der Waals surface area contributed by atoms with Crippen LogP contribution in [0, 0.1) is 0 Å². The zero-order valence-electron chi connectivity index (χ0n) is 8.66. The van der Waals surface area contributed by atoms with Crippen molar-refractivity contribution in [2.24, 2.45) is 0 Å². The number of hydrogen-bond acceptors (Lipinski definition) is 2. The second-order valence-electron chi connectivity index (χ2n) is 3.45. The van der Waals surface area contributed by atoms with Gasteiger partial charge < -0.3 is 15.0 Å². The van der Waals surface area contributed by atoms with E-state index < -0.39 is 0 Å². The highest BCUT2D eigenvalue weighted by molar-refractivity contribution is 5.75. The van der Waals surface area contributed by atoms with E-state index >= 15 is 0 Å². The standard InChI is InChI=1S/C10H18N2O2/c1-3-6-12(7-8-14-2)10(13)11-9-4-5-9/h3,9H,1,4-8H2,2H3,(H,11,13). The molecule has 0 aromatic heterocycles. The fourth-order valence-electron chi connectivity index (χ4n) is 1.13. The lowest BCUT2D eigenvalue weighted by molar-refractivity contribution is 0.154. The van der Waals surface area contributed by atoms with E-state index in [-0.39, 0.29) is 6.03 Å². The molecule has 2 amide bonds. The molecule has 80 valence electrons. The number of methoxy groups -OCH3 is 1. The Bertz CT molecular complexity index is 202. The van der Waals surface area contributed by atoms with Crippen LogP contribution in [-0.4, -0.2) is 43.8 Å². The minimum atomic E-state index is -0.00977. The number of nitrogens with zero attached hydrogens (tertiary/aromatic N) is 1. The van der Waals surface area contributed by atoms with E-state index in [1.165, 1.54) is 0 Å². The quantitative estimate of drug-likeness (QED) is 0.647. The number of rotatable bonds is 6. The number of carbonyl (C=O) groups is 1. The molecule has 0 atom stereocenters. The number of ether oxygens (including phenoxy) is 1. The first-order chi connectivity index (χ1) is 6.77. The predicted octanol–water partition coefficient (Wildman–Crippen LogP) is 0.993. The first-order valence-corrected chi connectivity index (χ1v) is 4.93. The van der Waals surface area contributed by atoms with Crippen LogP contribution in [0.25, 0.3) is 0 Å². The Balaban J connectivity index is 2.29. The largest absolute Gasteiger partial charge is 0.383 e. The molecule has 0 radical (unpaired) electrons. The third-order valence-corrected chi connectivity index (χ3v) is 2.11. The Morgan fingerprint density at radius 2 is 2.43 bits per heavy atom. The Morgan fingerprint density at radius 3 is 2.93 bits per heavy atom. The van der Waals surface area contributed by atoms with E-state index in [0.29, 0.717) is 25.7 Å². The minimum Gasteiger partial charge on any atom is -0.383 e. The van der Waals surface area contributed by atoms with Gasteiger partial charge in [-0.3, -0.25) is 0 Å². The van der Waals surface area contributed by atoms with Crippen LogP contribution in [-0.2, 0) is 4.74 Å². The van der Waals surface area contributed by atoms with Crippen LogP contribution >= 0.6 is 0 Å². The molecule has 0 bridgehead atoms. The van der Waals surface area contributed by atoms with Crippen molar-refractivity contribution in [1.82, 2.24) is 10.2 Å². The second-order valence-corrected chi connectivity index (χ2v) is 3.45. The molecule has 0 aliphatic heterocycles. The van der Waals surface area contributed by atoms with Crippen LogP contribution in [0.5, 0.6) is 0 Å². The van der Waals surface area contributed by atoms with Gasteiger partial charge in [-0.2, -0.15) is 0 Å². The van der Waals surface area contributed by atoms with Gasteiger partial charge in [-0.15, -0.1) is 6.58 Å². The lowest BCUT2D eigenvalue weighted by Crippen LogP contribution is -2.42. The van der Waals surface area contributed by atoms with Gasteiger partial charge in [0.05, 0.1) is 6.61 Å². The van der Waals surface area contributed by atoms with E-state index in [2.05, 4.69) is 11.9 Å². The van der Waals surface area contributed by atoms with E-state index in [9.17, 15) is 4.79 Å². The molecule has 0 spiro atoms. The molecule has 1 rings (SSSR count). The molecule has 1 N–H and O–H groups in total. The van der Waals surface area contributed by atoms with Gasteiger partial charge in [0.25, 0.3) is 0 Å². The lowest BCUT2D eigenvalue weighted by Gasteiger charge is -2.20.